The van der Waals surface area contributed by atoms with Gasteiger partial charge in [0, 0.05) is 38.0 Å². The SMILES string of the molecule is c1ccc(-n2c3ccccc3c3c4oc5c(ccc6c5c5ccccc5n6-c5cccc(-n6c7ccccc7c7ccccc76)n5)c4ccc32)cc1. The Morgan fingerprint density at radius 3 is 1.29 bits per heavy atom. The van der Waals surface area contributed by atoms with Gasteiger partial charge in [-0.05, 0) is 72.8 Å². The highest BCUT2D eigenvalue weighted by molar-refractivity contribution is 6.29. The van der Waals surface area contributed by atoms with Crippen LogP contribution < -0.4 is 0 Å². The molecule has 0 aliphatic carbocycles. The fraction of sp³-hybridized carbons (Fsp3) is 0. The monoisotopic (exact) mass is 664 g/mol. The van der Waals surface area contributed by atoms with E-state index in [-0.39, 0.29) is 0 Å². The molecule has 0 aliphatic heterocycles. The van der Waals surface area contributed by atoms with Crippen LogP contribution in [0.15, 0.2) is 174 Å². The lowest BCUT2D eigenvalue weighted by atomic mass is 10.1. The molecule has 0 amide bonds. The molecule has 12 aromatic rings. The van der Waals surface area contributed by atoms with E-state index in [0.29, 0.717) is 0 Å². The fourth-order valence-electron chi connectivity index (χ4n) is 8.73. The molecule has 5 aromatic heterocycles. The molecule has 0 unspecified atom stereocenters. The van der Waals surface area contributed by atoms with Crippen molar-refractivity contribution in [2.24, 2.45) is 0 Å². The van der Waals surface area contributed by atoms with Gasteiger partial charge < -0.3 is 8.98 Å². The molecule has 0 spiro atoms. The molecule has 52 heavy (non-hydrogen) atoms. The van der Waals surface area contributed by atoms with Gasteiger partial charge in [0.05, 0.1) is 43.9 Å². The first kappa shape index (κ1) is 27.7. The molecule has 12 rings (SSSR count). The first-order valence-corrected chi connectivity index (χ1v) is 17.7. The lowest BCUT2D eigenvalue weighted by Crippen LogP contribution is -2.02. The third-order valence-corrected chi connectivity index (χ3v) is 10.8. The lowest BCUT2D eigenvalue weighted by molar-refractivity contribution is 0.677. The number of pyridine rings is 1. The van der Waals surface area contributed by atoms with Gasteiger partial charge in [-0.2, -0.15) is 0 Å². The predicted molar refractivity (Wildman–Crippen MR) is 215 cm³/mol. The van der Waals surface area contributed by atoms with E-state index < -0.39 is 0 Å². The van der Waals surface area contributed by atoms with E-state index in [4.69, 9.17) is 9.40 Å². The minimum atomic E-state index is 0.856. The average Bonchev–Trinajstić information content (AvgIpc) is 3.94. The Morgan fingerprint density at radius 2 is 0.731 bits per heavy atom. The predicted octanol–water partition coefficient (Wildman–Crippen LogP) is 12.3. The number of fused-ring (bicyclic) bond motifs is 14. The molecule has 0 saturated heterocycles. The minimum absolute atomic E-state index is 0.856. The number of benzene rings is 7. The van der Waals surface area contributed by atoms with Crippen LogP contribution in [0.25, 0.3) is 105 Å². The molecule has 242 valence electrons. The van der Waals surface area contributed by atoms with Crippen LogP contribution >= 0.6 is 0 Å². The van der Waals surface area contributed by atoms with E-state index >= 15 is 0 Å². The van der Waals surface area contributed by atoms with Gasteiger partial charge >= 0.3 is 0 Å². The Morgan fingerprint density at radius 1 is 0.308 bits per heavy atom. The van der Waals surface area contributed by atoms with E-state index in [1.807, 2.05) is 0 Å². The second kappa shape index (κ2) is 10.2. The first-order chi connectivity index (χ1) is 25.8. The van der Waals surface area contributed by atoms with Gasteiger partial charge in [0.25, 0.3) is 0 Å². The molecule has 5 heteroatoms. The number of aromatic nitrogens is 4. The van der Waals surface area contributed by atoms with Gasteiger partial charge in [0.1, 0.15) is 22.8 Å². The van der Waals surface area contributed by atoms with Crippen LogP contribution in [0.5, 0.6) is 0 Å². The summed E-state index contributed by atoms with van der Waals surface area (Å²) in [4.78, 5) is 5.38. The zero-order valence-corrected chi connectivity index (χ0v) is 27.9. The summed E-state index contributed by atoms with van der Waals surface area (Å²) in [6, 6.07) is 60.2. The third kappa shape index (κ3) is 3.59. The van der Waals surface area contributed by atoms with Crippen LogP contribution in [-0.2, 0) is 0 Å². The number of para-hydroxylation sites is 5. The van der Waals surface area contributed by atoms with Crippen LogP contribution in [0.2, 0.25) is 0 Å². The van der Waals surface area contributed by atoms with Crippen molar-refractivity contribution in [2.45, 2.75) is 0 Å². The average molecular weight is 665 g/mol. The van der Waals surface area contributed by atoms with Gasteiger partial charge in [-0.3, -0.25) is 9.13 Å². The van der Waals surface area contributed by atoms with Gasteiger partial charge in [0.15, 0.2) is 0 Å². The summed E-state index contributed by atoms with van der Waals surface area (Å²) < 4.78 is 14.0. The molecule has 0 radical (unpaired) electrons. The van der Waals surface area contributed by atoms with E-state index in [9.17, 15) is 0 Å². The summed E-state index contributed by atoms with van der Waals surface area (Å²) in [5, 5.41) is 9.19. The Labute approximate surface area is 296 Å². The summed E-state index contributed by atoms with van der Waals surface area (Å²) in [7, 11) is 0. The molecule has 0 N–H and O–H groups in total. The smallest absolute Gasteiger partial charge is 0.145 e. The maximum Gasteiger partial charge on any atom is 0.145 e. The van der Waals surface area contributed by atoms with Crippen LogP contribution in [0, 0.1) is 0 Å². The maximum absolute atomic E-state index is 7.12. The normalized spacial score (nSPS) is 12.2. The molecular weight excluding hydrogens is 637 g/mol. The molecule has 0 atom stereocenters. The second-order valence-electron chi connectivity index (χ2n) is 13.5. The van der Waals surface area contributed by atoms with E-state index in [2.05, 4.69) is 184 Å². The number of hydrogen-bond donors (Lipinski definition) is 0. The van der Waals surface area contributed by atoms with Gasteiger partial charge in [-0.25, -0.2) is 4.98 Å². The third-order valence-electron chi connectivity index (χ3n) is 10.8. The molecule has 0 aliphatic rings. The molecule has 5 nitrogen and oxygen atoms in total. The van der Waals surface area contributed by atoms with Crippen LogP contribution in [0.4, 0.5) is 0 Å². The molecule has 0 bridgehead atoms. The summed E-state index contributed by atoms with van der Waals surface area (Å²) in [5.74, 6) is 1.73. The first-order valence-electron chi connectivity index (χ1n) is 17.7. The second-order valence-corrected chi connectivity index (χ2v) is 13.5. The minimum Gasteiger partial charge on any atom is -0.455 e. The summed E-state index contributed by atoms with van der Waals surface area (Å²) in [6.45, 7) is 0. The summed E-state index contributed by atoms with van der Waals surface area (Å²) in [6.07, 6.45) is 0. The molecular formula is C47H28N4O. The highest BCUT2D eigenvalue weighted by Gasteiger charge is 2.23. The molecule has 0 saturated carbocycles. The van der Waals surface area contributed by atoms with E-state index in [1.54, 1.807) is 0 Å². The van der Waals surface area contributed by atoms with E-state index in [1.165, 1.54) is 16.2 Å². The number of furan rings is 1. The Hall–Kier alpha value is -7.11. The maximum atomic E-state index is 7.12. The van der Waals surface area contributed by atoms with Crippen LogP contribution in [-0.4, -0.2) is 18.7 Å². The molecule has 0 fully saturated rings. The van der Waals surface area contributed by atoms with Crippen molar-refractivity contribution in [1.82, 2.24) is 18.7 Å². The quantitative estimate of drug-likeness (QED) is 0.189. The van der Waals surface area contributed by atoms with Gasteiger partial charge in [0.2, 0.25) is 0 Å². The van der Waals surface area contributed by atoms with Crippen molar-refractivity contribution in [3.8, 4) is 17.3 Å². The van der Waals surface area contributed by atoms with Crippen molar-refractivity contribution < 1.29 is 4.42 Å². The van der Waals surface area contributed by atoms with Crippen molar-refractivity contribution >= 4 is 87.4 Å². The Bertz CT molecular complexity index is 3360. The van der Waals surface area contributed by atoms with Crippen molar-refractivity contribution in [3.05, 3.63) is 170 Å². The van der Waals surface area contributed by atoms with Crippen LogP contribution in [0.3, 0.4) is 0 Å². The lowest BCUT2D eigenvalue weighted by Gasteiger charge is -2.11. The standard InChI is InChI=1S/C47H28N4O/c1-2-13-29(14-3-1)49-38-21-10-6-17-34(38)44-40(49)27-25-32-33-26-28-41-45(47(33)52-46(32)44)35-18-7-11-22-39(35)51(41)43-24-12-23-42(48-43)50-36-19-8-4-15-30(36)31-16-5-9-20-37(31)50/h1-28H. The zero-order chi connectivity index (χ0) is 33.9. The molecule has 5 heterocycles. The topological polar surface area (TPSA) is 40.8 Å². The summed E-state index contributed by atoms with van der Waals surface area (Å²) >= 11 is 0. The Balaban J connectivity index is 1.15. The highest BCUT2D eigenvalue weighted by Crippen LogP contribution is 2.44. The number of nitrogens with zero attached hydrogens (tertiary/aromatic N) is 4. The Kier molecular flexibility index (Phi) is 5.44. The number of hydrogen-bond acceptors (Lipinski definition) is 2. The van der Waals surface area contributed by atoms with E-state index in [0.717, 1.165) is 88.5 Å². The van der Waals surface area contributed by atoms with Crippen LogP contribution in [0.1, 0.15) is 0 Å². The van der Waals surface area contributed by atoms with Gasteiger partial charge in [-0.15, -0.1) is 0 Å². The highest BCUT2D eigenvalue weighted by atomic mass is 16.3. The largest absolute Gasteiger partial charge is 0.455 e. The summed E-state index contributed by atoms with van der Waals surface area (Å²) in [5.41, 5.74) is 9.64. The molecule has 7 aromatic carbocycles. The van der Waals surface area contributed by atoms with Crippen molar-refractivity contribution in [1.29, 1.82) is 0 Å². The zero-order valence-electron chi connectivity index (χ0n) is 27.9. The number of rotatable bonds is 3. The van der Waals surface area contributed by atoms with Crippen molar-refractivity contribution in [3.63, 3.8) is 0 Å². The fourth-order valence-corrected chi connectivity index (χ4v) is 8.73. The van der Waals surface area contributed by atoms with Gasteiger partial charge in [-0.1, -0.05) is 97.1 Å². The van der Waals surface area contributed by atoms with Crippen molar-refractivity contribution in [2.75, 3.05) is 0 Å².